The maximum Gasteiger partial charge on any atom is 0.121 e. The third-order valence-electron chi connectivity index (χ3n) is 3.54. The Morgan fingerprint density at radius 1 is 1.18 bits per heavy atom. The van der Waals surface area contributed by atoms with Crippen molar-refractivity contribution in [2.75, 3.05) is 5.32 Å². The Bertz CT molecular complexity index is 367. The molecule has 0 aromatic heterocycles. The fourth-order valence-corrected chi connectivity index (χ4v) is 2.81. The lowest BCUT2D eigenvalue weighted by molar-refractivity contribution is 0.415. The van der Waals surface area contributed by atoms with E-state index in [0.717, 1.165) is 11.3 Å². The highest BCUT2D eigenvalue weighted by Gasteiger charge is 2.21. The van der Waals surface area contributed by atoms with Crippen LogP contribution in [-0.2, 0) is 0 Å². The molecule has 17 heavy (non-hydrogen) atoms. The van der Waals surface area contributed by atoms with E-state index in [-0.39, 0.29) is 0 Å². The molecule has 1 aliphatic carbocycles. The van der Waals surface area contributed by atoms with Crippen molar-refractivity contribution < 1.29 is 5.11 Å². The first kappa shape index (κ1) is 12.3. The molecule has 1 aromatic rings. The molecule has 1 aliphatic rings. The smallest absolute Gasteiger partial charge is 0.121 e. The van der Waals surface area contributed by atoms with E-state index < -0.39 is 0 Å². The van der Waals surface area contributed by atoms with Crippen LogP contribution in [0.5, 0.6) is 5.75 Å². The van der Waals surface area contributed by atoms with Gasteiger partial charge in [0.05, 0.1) is 0 Å². The molecule has 1 fully saturated rings. The lowest BCUT2D eigenvalue weighted by Crippen LogP contribution is -2.14. The maximum atomic E-state index is 10.1. The van der Waals surface area contributed by atoms with Gasteiger partial charge in [0.25, 0.3) is 0 Å². The van der Waals surface area contributed by atoms with Crippen LogP contribution in [0.1, 0.15) is 57.4 Å². The van der Waals surface area contributed by atoms with Crippen molar-refractivity contribution in [3.05, 3.63) is 23.8 Å². The molecule has 2 nitrogen and oxygen atoms in total. The molecule has 0 spiro atoms. The van der Waals surface area contributed by atoms with E-state index in [0.29, 0.717) is 17.7 Å². The van der Waals surface area contributed by atoms with Crippen molar-refractivity contribution in [1.82, 2.24) is 0 Å². The minimum Gasteiger partial charge on any atom is -0.508 e. The van der Waals surface area contributed by atoms with Gasteiger partial charge in [0, 0.05) is 17.3 Å². The lowest BCUT2D eigenvalue weighted by Gasteiger charge is -2.26. The first-order valence-corrected chi connectivity index (χ1v) is 6.77. The van der Waals surface area contributed by atoms with Crippen molar-refractivity contribution in [3.8, 4) is 5.75 Å². The molecule has 0 heterocycles. The molecule has 94 valence electrons. The second-order valence-corrected chi connectivity index (χ2v) is 5.37. The Labute approximate surface area is 104 Å². The van der Waals surface area contributed by atoms with Gasteiger partial charge in [0.2, 0.25) is 0 Å². The van der Waals surface area contributed by atoms with Gasteiger partial charge in [-0.3, -0.25) is 0 Å². The number of hydrogen-bond acceptors (Lipinski definition) is 2. The van der Waals surface area contributed by atoms with E-state index in [9.17, 15) is 5.11 Å². The fourth-order valence-electron chi connectivity index (χ4n) is 2.81. The van der Waals surface area contributed by atoms with Crippen LogP contribution in [0.3, 0.4) is 0 Å². The summed E-state index contributed by atoms with van der Waals surface area (Å²) in [6, 6.07) is 6.23. The zero-order chi connectivity index (χ0) is 12.3. The largest absolute Gasteiger partial charge is 0.508 e. The molecule has 2 N–H and O–H groups in total. The highest BCUT2D eigenvalue weighted by atomic mass is 16.3. The van der Waals surface area contributed by atoms with Gasteiger partial charge >= 0.3 is 0 Å². The molecule has 2 heteroatoms. The van der Waals surface area contributed by atoms with Gasteiger partial charge in [-0.1, -0.05) is 25.3 Å². The van der Waals surface area contributed by atoms with Gasteiger partial charge in [0.15, 0.2) is 0 Å². The molecule has 2 rings (SSSR count). The highest BCUT2D eigenvalue weighted by Crippen LogP contribution is 2.41. The Morgan fingerprint density at radius 3 is 2.53 bits per heavy atom. The summed E-state index contributed by atoms with van der Waals surface area (Å²) in [5.74, 6) is 0.994. The minimum atomic E-state index is 0.402. The summed E-state index contributed by atoms with van der Waals surface area (Å²) in [5, 5.41) is 13.6. The van der Waals surface area contributed by atoms with E-state index in [1.807, 2.05) is 12.1 Å². The monoisotopic (exact) mass is 233 g/mol. The molecule has 0 saturated heterocycles. The van der Waals surface area contributed by atoms with Crippen molar-refractivity contribution in [1.29, 1.82) is 0 Å². The van der Waals surface area contributed by atoms with Crippen LogP contribution in [0.4, 0.5) is 5.69 Å². The molecule has 1 aromatic carbocycles. The van der Waals surface area contributed by atoms with E-state index in [2.05, 4.69) is 25.2 Å². The van der Waals surface area contributed by atoms with Crippen LogP contribution in [0.25, 0.3) is 0 Å². The molecule has 0 unspecified atom stereocenters. The topological polar surface area (TPSA) is 32.3 Å². The van der Waals surface area contributed by atoms with Crippen LogP contribution in [0.2, 0.25) is 0 Å². The Morgan fingerprint density at radius 2 is 1.88 bits per heavy atom. The third-order valence-corrected chi connectivity index (χ3v) is 3.54. The van der Waals surface area contributed by atoms with Crippen molar-refractivity contribution >= 4 is 5.69 Å². The van der Waals surface area contributed by atoms with E-state index >= 15 is 0 Å². The number of benzene rings is 1. The van der Waals surface area contributed by atoms with E-state index in [1.165, 1.54) is 32.1 Å². The van der Waals surface area contributed by atoms with Crippen LogP contribution in [0, 0.1) is 0 Å². The summed E-state index contributed by atoms with van der Waals surface area (Å²) >= 11 is 0. The number of hydrogen-bond donors (Lipinski definition) is 2. The van der Waals surface area contributed by atoms with Gasteiger partial charge in [0.1, 0.15) is 5.75 Å². The lowest BCUT2D eigenvalue weighted by atomic mass is 9.83. The molecule has 0 atom stereocenters. The molecule has 0 radical (unpaired) electrons. The molecular formula is C15H23NO. The van der Waals surface area contributed by atoms with Crippen LogP contribution in [0.15, 0.2) is 18.2 Å². The first-order valence-electron chi connectivity index (χ1n) is 6.77. The third kappa shape index (κ3) is 2.93. The fraction of sp³-hybridized carbons (Fsp3) is 0.600. The standard InChI is InChI=1S/C15H23NO/c1-11(2)16-13-9-6-10-14(17)15(13)12-7-4-3-5-8-12/h6,9-12,16-17H,3-5,7-8H2,1-2H3. The molecular weight excluding hydrogens is 210 g/mol. The van der Waals surface area contributed by atoms with Crippen molar-refractivity contribution in [2.24, 2.45) is 0 Å². The van der Waals surface area contributed by atoms with E-state index in [4.69, 9.17) is 0 Å². The Kier molecular flexibility index (Phi) is 3.93. The minimum absolute atomic E-state index is 0.402. The van der Waals surface area contributed by atoms with Crippen LogP contribution in [-0.4, -0.2) is 11.1 Å². The van der Waals surface area contributed by atoms with Gasteiger partial charge in [-0.15, -0.1) is 0 Å². The Hall–Kier alpha value is -1.18. The molecule has 0 bridgehead atoms. The highest BCUT2D eigenvalue weighted by molar-refractivity contribution is 5.59. The maximum absolute atomic E-state index is 10.1. The summed E-state index contributed by atoms with van der Waals surface area (Å²) in [5.41, 5.74) is 2.26. The number of phenolic OH excluding ortho intramolecular Hbond substituents is 1. The number of aromatic hydroxyl groups is 1. The summed E-state index contributed by atoms with van der Waals surface area (Å²) in [4.78, 5) is 0. The van der Waals surface area contributed by atoms with E-state index in [1.54, 1.807) is 0 Å². The normalized spacial score (nSPS) is 17.4. The van der Waals surface area contributed by atoms with Crippen LogP contribution < -0.4 is 5.32 Å². The number of rotatable bonds is 3. The summed E-state index contributed by atoms with van der Waals surface area (Å²) < 4.78 is 0. The summed E-state index contributed by atoms with van der Waals surface area (Å²) in [7, 11) is 0. The number of phenols is 1. The Balaban J connectivity index is 2.28. The van der Waals surface area contributed by atoms with Gasteiger partial charge in [-0.05, 0) is 44.7 Å². The molecule has 0 amide bonds. The number of anilines is 1. The SMILES string of the molecule is CC(C)Nc1cccc(O)c1C1CCCCC1. The average Bonchev–Trinajstić information content (AvgIpc) is 2.29. The predicted molar refractivity (Wildman–Crippen MR) is 72.7 cm³/mol. The number of nitrogens with one attached hydrogen (secondary N) is 1. The average molecular weight is 233 g/mol. The molecule has 1 saturated carbocycles. The van der Waals surface area contributed by atoms with Gasteiger partial charge in [-0.2, -0.15) is 0 Å². The summed E-state index contributed by atoms with van der Waals surface area (Å²) in [6.07, 6.45) is 6.35. The second kappa shape index (κ2) is 5.44. The second-order valence-electron chi connectivity index (χ2n) is 5.37. The quantitative estimate of drug-likeness (QED) is 0.817. The summed E-state index contributed by atoms with van der Waals surface area (Å²) in [6.45, 7) is 4.27. The van der Waals surface area contributed by atoms with Crippen molar-refractivity contribution in [2.45, 2.75) is 57.9 Å². The molecule has 0 aliphatic heterocycles. The van der Waals surface area contributed by atoms with Gasteiger partial charge in [-0.25, -0.2) is 0 Å². The van der Waals surface area contributed by atoms with Crippen LogP contribution >= 0.6 is 0 Å². The predicted octanol–water partition coefficient (Wildman–Crippen LogP) is 4.26. The first-order chi connectivity index (χ1) is 8.18. The van der Waals surface area contributed by atoms with Gasteiger partial charge < -0.3 is 10.4 Å². The zero-order valence-electron chi connectivity index (χ0n) is 10.9. The zero-order valence-corrected chi connectivity index (χ0v) is 10.9. The van der Waals surface area contributed by atoms with Crippen molar-refractivity contribution in [3.63, 3.8) is 0 Å².